The molecule has 0 saturated heterocycles. The number of halogens is 4. The van der Waals surface area contributed by atoms with Crippen molar-refractivity contribution in [2.24, 2.45) is 5.73 Å². The molecule has 1 atom stereocenters. The summed E-state index contributed by atoms with van der Waals surface area (Å²) in [5.41, 5.74) is 7.56. The van der Waals surface area contributed by atoms with E-state index in [1.165, 1.54) is 6.07 Å². The number of hydrogen-bond donors (Lipinski definition) is 2. The fraction of sp³-hybridized carbons (Fsp3) is 0.143. The Morgan fingerprint density at radius 3 is 2.50 bits per heavy atom. The first kappa shape index (κ1) is 15.8. The zero-order chi connectivity index (χ0) is 14.7. The Bertz CT molecular complexity index is 622. The summed E-state index contributed by atoms with van der Waals surface area (Å²) in [4.78, 5) is 0. The van der Waals surface area contributed by atoms with E-state index in [1.54, 1.807) is 12.1 Å². The summed E-state index contributed by atoms with van der Waals surface area (Å²) in [6.45, 7) is 0.396. The van der Waals surface area contributed by atoms with Gasteiger partial charge in [0.25, 0.3) is 0 Å². The molecule has 2 nitrogen and oxygen atoms in total. The molecule has 0 fully saturated rings. The van der Waals surface area contributed by atoms with Gasteiger partial charge in [-0.25, -0.2) is 4.39 Å². The molecule has 2 aromatic rings. The van der Waals surface area contributed by atoms with Crippen LogP contribution in [0.5, 0.6) is 0 Å². The Labute approximate surface area is 138 Å². The van der Waals surface area contributed by atoms with Crippen molar-refractivity contribution < 1.29 is 4.39 Å². The average Bonchev–Trinajstić information content (AvgIpc) is 2.43. The van der Waals surface area contributed by atoms with E-state index in [0.29, 0.717) is 16.0 Å². The highest BCUT2D eigenvalue weighted by molar-refractivity contribution is 9.10. The summed E-state index contributed by atoms with van der Waals surface area (Å²) in [7, 11) is 0. The Morgan fingerprint density at radius 2 is 1.90 bits per heavy atom. The molecule has 1 unspecified atom stereocenters. The fourth-order valence-corrected chi connectivity index (χ4v) is 2.61. The molecule has 2 aromatic carbocycles. The van der Waals surface area contributed by atoms with Gasteiger partial charge in [0.15, 0.2) is 0 Å². The summed E-state index contributed by atoms with van der Waals surface area (Å²) in [5, 5.41) is 3.89. The van der Waals surface area contributed by atoms with Crippen molar-refractivity contribution in [2.75, 3.05) is 11.9 Å². The Kier molecular flexibility index (Phi) is 5.43. The molecule has 0 aliphatic rings. The molecule has 6 heteroatoms. The first-order valence-electron chi connectivity index (χ1n) is 5.88. The first-order chi connectivity index (χ1) is 9.51. The second kappa shape index (κ2) is 6.89. The molecular formula is C14H12Br2ClFN2. The number of nitrogens with one attached hydrogen (secondary N) is 1. The molecule has 0 amide bonds. The van der Waals surface area contributed by atoms with Crippen molar-refractivity contribution in [3.63, 3.8) is 0 Å². The molecule has 106 valence electrons. The van der Waals surface area contributed by atoms with Crippen LogP contribution in [-0.2, 0) is 0 Å². The third kappa shape index (κ3) is 3.73. The molecule has 0 bridgehead atoms. The van der Waals surface area contributed by atoms with Gasteiger partial charge in [-0.05, 0) is 67.8 Å². The van der Waals surface area contributed by atoms with E-state index in [1.807, 2.05) is 18.2 Å². The van der Waals surface area contributed by atoms with Crippen LogP contribution >= 0.6 is 43.5 Å². The summed E-state index contributed by atoms with van der Waals surface area (Å²) in [6.07, 6.45) is 0. The normalized spacial score (nSPS) is 12.2. The quantitative estimate of drug-likeness (QED) is 0.718. The Morgan fingerprint density at radius 1 is 1.15 bits per heavy atom. The van der Waals surface area contributed by atoms with Crippen LogP contribution in [0.25, 0.3) is 0 Å². The van der Waals surface area contributed by atoms with Gasteiger partial charge in [0, 0.05) is 16.7 Å². The van der Waals surface area contributed by atoms with Crippen molar-refractivity contribution >= 4 is 49.1 Å². The van der Waals surface area contributed by atoms with E-state index in [-0.39, 0.29) is 11.9 Å². The lowest BCUT2D eigenvalue weighted by molar-refractivity contribution is 0.621. The smallest absolute Gasteiger partial charge is 0.137 e. The fourth-order valence-electron chi connectivity index (χ4n) is 1.79. The Hall–Kier alpha value is -0.620. The zero-order valence-corrected chi connectivity index (χ0v) is 14.3. The molecule has 3 N–H and O–H groups in total. The van der Waals surface area contributed by atoms with Crippen LogP contribution in [0.2, 0.25) is 5.02 Å². The van der Waals surface area contributed by atoms with Crippen LogP contribution in [0.4, 0.5) is 10.1 Å². The topological polar surface area (TPSA) is 38.0 Å². The average molecular weight is 423 g/mol. The zero-order valence-electron chi connectivity index (χ0n) is 10.3. The molecule has 0 saturated carbocycles. The molecule has 0 heterocycles. The number of hydrogen-bond acceptors (Lipinski definition) is 2. The maximum atomic E-state index is 13.2. The minimum absolute atomic E-state index is 0.0991. The predicted octanol–water partition coefficient (Wildman–Crippen LogP) is 5.12. The molecule has 0 spiro atoms. The maximum absolute atomic E-state index is 13.2. The lowest BCUT2D eigenvalue weighted by Crippen LogP contribution is -2.20. The predicted molar refractivity (Wildman–Crippen MR) is 88.7 cm³/mol. The van der Waals surface area contributed by atoms with Crippen molar-refractivity contribution in [1.82, 2.24) is 0 Å². The number of rotatable bonds is 4. The van der Waals surface area contributed by atoms with Crippen molar-refractivity contribution in [3.8, 4) is 0 Å². The minimum Gasteiger partial charge on any atom is -0.377 e. The largest absolute Gasteiger partial charge is 0.377 e. The Balaban J connectivity index is 2.23. The number of anilines is 1. The van der Waals surface area contributed by atoms with Crippen molar-refractivity contribution in [2.45, 2.75) is 6.04 Å². The maximum Gasteiger partial charge on any atom is 0.137 e. The van der Waals surface area contributed by atoms with Crippen molar-refractivity contribution in [3.05, 3.63) is 61.7 Å². The van der Waals surface area contributed by atoms with Gasteiger partial charge in [0.1, 0.15) is 5.82 Å². The molecule has 0 aliphatic carbocycles. The van der Waals surface area contributed by atoms with Gasteiger partial charge in [-0.2, -0.15) is 0 Å². The summed E-state index contributed by atoms with van der Waals surface area (Å²) >= 11 is 12.6. The highest BCUT2D eigenvalue weighted by atomic mass is 79.9. The van der Waals surface area contributed by atoms with Crippen LogP contribution < -0.4 is 11.1 Å². The molecule has 0 aromatic heterocycles. The van der Waals surface area contributed by atoms with E-state index >= 15 is 0 Å². The van der Waals surface area contributed by atoms with E-state index < -0.39 is 0 Å². The molecule has 2 rings (SSSR count). The van der Waals surface area contributed by atoms with E-state index in [4.69, 9.17) is 17.3 Å². The second-order valence-electron chi connectivity index (χ2n) is 4.24. The summed E-state index contributed by atoms with van der Waals surface area (Å²) in [5.74, 6) is -0.300. The van der Waals surface area contributed by atoms with Crippen LogP contribution in [0.3, 0.4) is 0 Å². The second-order valence-corrected chi connectivity index (χ2v) is 6.35. The van der Waals surface area contributed by atoms with E-state index in [0.717, 1.165) is 15.7 Å². The summed E-state index contributed by atoms with van der Waals surface area (Å²) < 4.78 is 14.5. The molecule has 0 aliphatic heterocycles. The molecule has 20 heavy (non-hydrogen) atoms. The number of benzene rings is 2. The van der Waals surface area contributed by atoms with Crippen LogP contribution in [0, 0.1) is 5.82 Å². The van der Waals surface area contributed by atoms with Gasteiger partial charge in [-0.1, -0.05) is 17.7 Å². The first-order valence-corrected chi connectivity index (χ1v) is 7.84. The molecular weight excluding hydrogens is 410 g/mol. The standard InChI is InChI=1S/C14H12Br2ClFN2/c15-10-3-1-8(5-12(10)17)14(7-19)20-9-2-4-13(18)11(16)6-9/h1-6,14,20H,7,19H2. The van der Waals surface area contributed by atoms with Gasteiger partial charge in [0.05, 0.1) is 15.5 Å². The highest BCUT2D eigenvalue weighted by Gasteiger charge is 2.12. The van der Waals surface area contributed by atoms with E-state index in [9.17, 15) is 4.39 Å². The van der Waals surface area contributed by atoms with Crippen LogP contribution in [0.1, 0.15) is 11.6 Å². The molecule has 0 radical (unpaired) electrons. The van der Waals surface area contributed by atoms with Gasteiger partial charge in [-0.3, -0.25) is 0 Å². The SMILES string of the molecule is NCC(Nc1ccc(F)c(Br)c1)c1ccc(Br)c(Cl)c1. The lowest BCUT2D eigenvalue weighted by atomic mass is 10.1. The van der Waals surface area contributed by atoms with Gasteiger partial charge in [-0.15, -0.1) is 0 Å². The monoisotopic (exact) mass is 420 g/mol. The van der Waals surface area contributed by atoms with Crippen LogP contribution in [0.15, 0.2) is 45.3 Å². The minimum atomic E-state index is -0.300. The van der Waals surface area contributed by atoms with Gasteiger partial charge < -0.3 is 11.1 Å². The van der Waals surface area contributed by atoms with E-state index in [2.05, 4.69) is 37.2 Å². The number of nitrogens with two attached hydrogens (primary N) is 1. The van der Waals surface area contributed by atoms with Gasteiger partial charge in [0.2, 0.25) is 0 Å². The third-order valence-electron chi connectivity index (χ3n) is 2.84. The van der Waals surface area contributed by atoms with Crippen molar-refractivity contribution in [1.29, 1.82) is 0 Å². The van der Waals surface area contributed by atoms with Crippen LogP contribution in [-0.4, -0.2) is 6.54 Å². The highest BCUT2D eigenvalue weighted by Crippen LogP contribution is 2.28. The van der Waals surface area contributed by atoms with Gasteiger partial charge >= 0.3 is 0 Å². The summed E-state index contributed by atoms with van der Waals surface area (Å²) in [6, 6.07) is 10.3. The lowest BCUT2D eigenvalue weighted by Gasteiger charge is -2.19. The third-order valence-corrected chi connectivity index (χ3v) is 4.68.